The summed E-state index contributed by atoms with van der Waals surface area (Å²) in [6, 6.07) is 0. The van der Waals surface area contributed by atoms with Gasteiger partial charge in [0.15, 0.2) is 23.0 Å². The molecule has 2 rings (SSSR count). The summed E-state index contributed by atoms with van der Waals surface area (Å²) < 4.78 is 47.5. The predicted molar refractivity (Wildman–Crippen MR) is 70.4 cm³/mol. The summed E-state index contributed by atoms with van der Waals surface area (Å²) >= 11 is 1.47. The van der Waals surface area contributed by atoms with Crippen LogP contribution < -0.4 is 9.47 Å². The molecule has 0 saturated heterocycles. The maximum atomic E-state index is 11.1. The van der Waals surface area contributed by atoms with Crippen molar-refractivity contribution >= 4 is 21.5 Å². The molecule has 1 aromatic heterocycles. The Morgan fingerprint density at radius 1 is 1.53 bits per heavy atom. The van der Waals surface area contributed by atoms with Crippen molar-refractivity contribution in [3.05, 3.63) is 10.8 Å². The highest BCUT2D eigenvalue weighted by atomic mass is 32.2. The van der Waals surface area contributed by atoms with Crippen LogP contribution in [0.15, 0.2) is 10.8 Å². The molecule has 0 fully saturated rings. The third kappa shape index (κ3) is 3.82. The van der Waals surface area contributed by atoms with Crippen molar-refractivity contribution in [2.75, 3.05) is 13.2 Å². The number of rotatable bonds is 6. The molecule has 6 nitrogen and oxygen atoms in total. The molecule has 0 radical (unpaired) electrons. The van der Waals surface area contributed by atoms with Gasteiger partial charge in [-0.2, -0.15) is 8.42 Å². The molecule has 0 amide bonds. The van der Waals surface area contributed by atoms with E-state index >= 15 is 0 Å². The second-order valence-corrected chi connectivity index (χ2v) is 6.52. The Hall–Kier alpha value is -0.830. The molecule has 8 heteroatoms. The van der Waals surface area contributed by atoms with Crippen LogP contribution in [0.4, 0.5) is 0 Å². The molecular weight excluding hydrogens is 292 g/mol. The second-order valence-electron chi connectivity index (χ2n) is 4.22. The van der Waals surface area contributed by atoms with Crippen LogP contribution in [0.5, 0.6) is 11.5 Å². The quantitative estimate of drug-likeness (QED) is 0.809. The van der Waals surface area contributed by atoms with Gasteiger partial charge >= 0.3 is 0 Å². The van der Waals surface area contributed by atoms with E-state index in [1.54, 1.807) is 0 Å². The average molecular weight is 308 g/mol. The van der Waals surface area contributed by atoms with Crippen LogP contribution in [0.1, 0.15) is 19.8 Å². The van der Waals surface area contributed by atoms with E-state index in [9.17, 15) is 8.42 Å². The van der Waals surface area contributed by atoms with Crippen LogP contribution in [0.3, 0.4) is 0 Å². The van der Waals surface area contributed by atoms with E-state index in [-0.39, 0.29) is 19.1 Å². The van der Waals surface area contributed by atoms with Crippen molar-refractivity contribution in [3.8, 4) is 11.5 Å². The smallest absolute Gasteiger partial charge is 0.292 e. The molecule has 0 saturated carbocycles. The molecule has 1 aliphatic heterocycles. The summed E-state index contributed by atoms with van der Waals surface area (Å²) in [5.41, 5.74) is -1.20. The van der Waals surface area contributed by atoms with Crippen LogP contribution in [-0.4, -0.2) is 37.7 Å². The number of hydrogen-bond acceptors (Lipinski definition) is 6. The maximum absolute atomic E-state index is 11.1. The molecule has 1 aromatic rings. The van der Waals surface area contributed by atoms with E-state index in [2.05, 4.69) is 0 Å². The minimum Gasteiger partial charge on any atom is -0.485 e. The summed E-state index contributed by atoms with van der Waals surface area (Å²) in [5.74, 6) is 1.34. The van der Waals surface area contributed by atoms with E-state index in [0.29, 0.717) is 24.5 Å². The van der Waals surface area contributed by atoms with Gasteiger partial charge in [0.05, 0.1) is 6.61 Å². The Morgan fingerprint density at radius 2 is 2.26 bits per heavy atom. The van der Waals surface area contributed by atoms with Gasteiger partial charge in [-0.3, -0.25) is 4.55 Å². The Bertz CT molecular complexity index is 509. The first kappa shape index (κ1) is 14.6. The van der Waals surface area contributed by atoms with Crippen molar-refractivity contribution < 1.29 is 27.2 Å². The molecular formula is C11H16O6S2. The van der Waals surface area contributed by atoms with E-state index in [4.69, 9.17) is 18.8 Å². The summed E-state index contributed by atoms with van der Waals surface area (Å²) in [7, 11) is -4.19. The third-order valence-corrected chi connectivity index (χ3v) is 4.37. The standard InChI is InChI=1S/C11H16O6S2/c1-2-3-11(19(12,13)14)16-5-8-4-15-9-6-18-7-10(9)17-8/h6-8,11H,2-5H2,1H3,(H,12,13,14). The molecule has 0 aromatic carbocycles. The van der Waals surface area contributed by atoms with Gasteiger partial charge in [-0.15, -0.1) is 11.3 Å². The van der Waals surface area contributed by atoms with Crippen molar-refractivity contribution in [2.45, 2.75) is 31.3 Å². The molecule has 0 bridgehead atoms. The van der Waals surface area contributed by atoms with Gasteiger partial charge in [-0.1, -0.05) is 13.3 Å². The molecule has 19 heavy (non-hydrogen) atoms. The topological polar surface area (TPSA) is 82.1 Å². The molecule has 0 aliphatic carbocycles. The monoisotopic (exact) mass is 308 g/mol. The fourth-order valence-electron chi connectivity index (χ4n) is 1.71. The van der Waals surface area contributed by atoms with Crippen LogP contribution in [0.25, 0.3) is 0 Å². The predicted octanol–water partition coefficient (Wildman–Crippen LogP) is 1.92. The van der Waals surface area contributed by atoms with E-state index < -0.39 is 15.6 Å². The van der Waals surface area contributed by atoms with Crippen LogP contribution in [0, 0.1) is 0 Å². The lowest BCUT2D eigenvalue weighted by molar-refractivity contribution is -0.00532. The highest BCUT2D eigenvalue weighted by Crippen LogP contribution is 2.35. The molecule has 2 unspecified atom stereocenters. The average Bonchev–Trinajstić information content (AvgIpc) is 2.80. The first-order valence-electron chi connectivity index (χ1n) is 5.94. The van der Waals surface area contributed by atoms with E-state index in [1.807, 2.05) is 17.7 Å². The van der Waals surface area contributed by atoms with E-state index in [1.165, 1.54) is 11.3 Å². The van der Waals surface area contributed by atoms with Crippen molar-refractivity contribution in [2.24, 2.45) is 0 Å². The lowest BCUT2D eigenvalue weighted by Gasteiger charge is -2.25. The van der Waals surface area contributed by atoms with Crippen molar-refractivity contribution in [3.63, 3.8) is 0 Å². The Morgan fingerprint density at radius 3 is 2.95 bits per heavy atom. The Balaban J connectivity index is 1.89. The molecule has 0 spiro atoms. The minimum absolute atomic E-state index is 0.0553. The van der Waals surface area contributed by atoms with Gasteiger partial charge in [0.2, 0.25) is 0 Å². The second kappa shape index (κ2) is 6.08. The zero-order valence-corrected chi connectivity index (χ0v) is 12.1. The van der Waals surface area contributed by atoms with Gasteiger partial charge in [0, 0.05) is 10.8 Å². The van der Waals surface area contributed by atoms with Crippen LogP contribution >= 0.6 is 11.3 Å². The third-order valence-electron chi connectivity index (χ3n) is 2.64. The highest BCUT2D eigenvalue weighted by molar-refractivity contribution is 7.86. The first-order valence-corrected chi connectivity index (χ1v) is 8.39. The van der Waals surface area contributed by atoms with E-state index in [0.717, 1.165) is 0 Å². The maximum Gasteiger partial charge on any atom is 0.292 e. The van der Waals surface area contributed by atoms with Gasteiger partial charge in [-0.05, 0) is 6.42 Å². The molecule has 1 aliphatic rings. The van der Waals surface area contributed by atoms with Crippen molar-refractivity contribution in [1.29, 1.82) is 0 Å². The van der Waals surface area contributed by atoms with Crippen LogP contribution in [-0.2, 0) is 14.9 Å². The van der Waals surface area contributed by atoms with Crippen LogP contribution in [0.2, 0.25) is 0 Å². The zero-order valence-electron chi connectivity index (χ0n) is 10.4. The first-order chi connectivity index (χ1) is 9.00. The number of thiophene rings is 1. The molecule has 1 N–H and O–H groups in total. The largest absolute Gasteiger partial charge is 0.485 e. The Labute approximate surface area is 116 Å². The SMILES string of the molecule is CCCC(OCC1COc2cscc2O1)S(=O)(=O)O. The summed E-state index contributed by atoms with van der Waals surface area (Å²) in [5, 5.41) is 3.65. The molecule has 108 valence electrons. The molecule has 2 atom stereocenters. The summed E-state index contributed by atoms with van der Waals surface area (Å²) in [6.07, 6.45) is 0.472. The van der Waals surface area contributed by atoms with Gasteiger partial charge < -0.3 is 14.2 Å². The zero-order chi connectivity index (χ0) is 13.9. The fraction of sp³-hybridized carbons (Fsp3) is 0.636. The normalized spacial score (nSPS) is 20.2. The number of fused-ring (bicyclic) bond motifs is 1. The lowest BCUT2D eigenvalue weighted by Crippen LogP contribution is -2.36. The minimum atomic E-state index is -4.19. The number of ether oxygens (including phenoxy) is 3. The summed E-state index contributed by atoms with van der Waals surface area (Å²) in [4.78, 5) is 0. The van der Waals surface area contributed by atoms with Crippen molar-refractivity contribution in [1.82, 2.24) is 0 Å². The van der Waals surface area contributed by atoms with Gasteiger partial charge in [0.25, 0.3) is 10.1 Å². The van der Waals surface area contributed by atoms with Gasteiger partial charge in [-0.25, -0.2) is 0 Å². The Kier molecular flexibility index (Phi) is 4.67. The lowest BCUT2D eigenvalue weighted by atomic mass is 10.3. The molecule has 2 heterocycles. The fourth-order valence-corrected chi connectivity index (χ4v) is 3.17. The van der Waals surface area contributed by atoms with Gasteiger partial charge in [0.1, 0.15) is 6.61 Å². The summed E-state index contributed by atoms with van der Waals surface area (Å²) in [6.45, 7) is 2.17. The highest BCUT2D eigenvalue weighted by Gasteiger charge is 2.27. The number of hydrogen-bond donors (Lipinski definition) is 1.